The van der Waals surface area contributed by atoms with E-state index in [-0.39, 0.29) is 22.8 Å². The molecule has 2 atom stereocenters. The highest BCUT2D eigenvalue weighted by Crippen LogP contribution is 2.35. The van der Waals surface area contributed by atoms with Crippen LogP contribution in [0.3, 0.4) is 0 Å². The summed E-state index contributed by atoms with van der Waals surface area (Å²) in [7, 11) is 0. The minimum Gasteiger partial charge on any atom is -0.306 e. The first-order valence-corrected chi connectivity index (χ1v) is 9.48. The first-order chi connectivity index (χ1) is 14.2. The van der Waals surface area contributed by atoms with Gasteiger partial charge in [-0.2, -0.15) is 0 Å². The third-order valence-electron chi connectivity index (χ3n) is 5.31. The maximum absolute atomic E-state index is 11.3. The maximum atomic E-state index is 11.3. The fourth-order valence-electron chi connectivity index (χ4n) is 3.93. The minimum absolute atomic E-state index is 0.0399. The number of nitro benzene ring substituents is 1. The van der Waals surface area contributed by atoms with Gasteiger partial charge in [0.05, 0.1) is 16.0 Å². The number of nitrogens with one attached hydrogen (secondary N) is 2. The van der Waals surface area contributed by atoms with Gasteiger partial charge in [-0.3, -0.25) is 10.1 Å². The van der Waals surface area contributed by atoms with Crippen LogP contribution in [0.5, 0.6) is 0 Å². The molecule has 0 radical (unpaired) electrons. The van der Waals surface area contributed by atoms with Gasteiger partial charge in [-0.1, -0.05) is 54.6 Å². The molecule has 144 valence electrons. The van der Waals surface area contributed by atoms with Gasteiger partial charge in [0.1, 0.15) is 12.0 Å². The van der Waals surface area contributed by atoms with Crippen molar-refractivity contribution in [1.29, 1.82) is 0 Å². The molecule has 2 unspecified atom stereocenters. The number of hydrogen-bond acceptors (Lipinski definition) is 5. The minimum atomic E-state index is -0.378. The van der Waals surface area contributed by atoms with E-state index in [0.717, 1.165) is 23.0 Å². The molecule has 1 fully saturated rings. The van der Waals surface area contributed by atoms with E-state index in [1.165, 1.54) is 11.6 Å². The molecular weight excluding hydrogens is 366 g/mol. The highest BCUT2D eigenvalue weighted by Gasteiger charge is 2.29. The van der Waals surface area contributed by atoms with E-state index < -0.39 is 0 Å². The summed E-state index contributed by atoms with van der Waals surface area (Å²) in [6.45, 7) is 0. The topological polar surface area (TPSA) is 85.0 Å². The van der Waals surface area contributed by atoms with E-state index in [4.69, 9.17) is 4.98 Å². The molecule has 0 spiro atoms. The summed E-state index contributed by atoms with van der Waals surface area (Å²) in [6, 6.07) is 25.0. The molecule has 2 N–H and O–H groups in total. The molecule has 0 amide bonds. The molecule has 0 bridgehead atoms. The van der Waals surface area contributed by atoms with E-state index in [9.17, 15) is 10.1 Å². The Morgan fingerprint density at radius 1 is 0.966 bits per heavy atom. The Hall–Kier alpha value is -3.55. The monoisotopic (exact) mass is 385 g/mol. The number of nitro groups is 1. The standard InChI is InChI=1S/C22H19N5O2/c28-27(29)17-10-6-9-16(13-17)22-23-18-11-4-5-12-20(18)26(22)21-14-19(24-25-21)15-7-2-1-3-8-15/h1-13,19,21,24-25H,14H2. The van der Waals surface area contributed by atoms with Gasteiger partial charge in [-0.05, 0) is 17.7 Å². The van der Waals surface area contributed by atoms with Crippen molar-refractivity contribution in [3.8, 4) is 11.4 Å². The van der Waals surface area contributed by atoms with Crippen LogP contribution in [0.4, 0.5) is 5.69 Å². The van der Waals surface area contributed by atoms with Crippen LogP contribution in [-0.4, -0.2) is 14.5 Å². The second kappa shape index (κ2) is 7.12. The van der Waals surface area contributed by atoms with E-state index in [2.05, 4.69) is 27.6 Å². The summed E-state index contributed by atoms with van der Waals surface area (Å²) in [6.07, 6.45) is 0.786. The number of imidazole rings is 1. The van der Waals surface area contributed by atoms with Crippen LogP contribution in [-0.2, 0) is 0 Å². The van der Waals surface area contributed by atoms with Crippen LogP contribution in [0, 0.1) is 10.1 Å². The summed E-state index contributed by atoms with van der Waals surface area (Å²) >= 11 is 0. The molecule has 1 saturated heterocycles. The lowest BCUT2D eigenvalue weighted by molar-refractivity contribution is -0.384. The van der Waals surface area contributed by atoms with Crippen LogP contribution in [0.2, 0.25) is 0 Å². The van der Waals surface area contributed by atoms with E-state index in [1.807, 2.05) is 48.5 Å². The Balaban J connectivity index is 1.59. The lowest BCUT2D eigenvalue weighted by Gasteiger charge is -2.16. The van der Waals surface area contributed by atoms with Crippen molar-refractivity contribution in [1.82, 2.24) is 20.4 Å². The Bertz CT molecular complexity index is 1190. The van der Waals surface area contributed by atoms with Crippen molar-refractivity contribution < 1.29 is 4.92 Å². The highest BCUT2D eigenvalue weighted by atomic mass is 16.6. The molecule has 5 rings (SSSR count). The number of benzene rings is 3. The number of para-hydroxylation sites is 2. The number of fused-ring (bicyclic) bond motifs is 1. The zero-order valence-corrected chi connectivity index (χ0v) is 15.5. The van der Waals surface area contributed by atoms with Gasteiger partial charge in [0.2, 0.25) is 0 Å². The summed E-state index contributed by atoms with van der Waals surface area (Å²) in [5, 5.41) is 11.3. The maximum Gasteiger partial charge on any atom is 0.270 e. The van der Waals surface area contributed by atoms with Gasteiger partial charge >= 0.3 is 0 Å². The number of hydrogen-bond donors (Lipinski definition) is 2. The molecule has 0 saturated carbocycles. The van der Waals surface area contributed by atoms with Crippen molar-refractivity contribution in [3.63, 3.8) is 0 Å². The predicted octanol–water partition coefficient (Wildman–Crippen LogP) is 4.35. The average molecular weight is 385 g/mol. The SMILES string of the molecule is O=[N+]([O-])c1cccc(-c2nc3ccccc3n2C2CC(c3ccccc3)NN2)c1. The number of hydrazine groups is 1. The summed E-state index contributed by atoms with van der Waals surface area (Å²) in [4.78, 5) is 15.7. The largest absolute Gasteiger partial charge is 0.306 e. The summed E-state index contributed by atoms with van der Waals surface area (Å²) < 4.78 is 2.13. The van der Waals surface area contributed by atoms with Gasteiger partial charge in [-0.25, -0.2) is 15.8 Å². The molecule has 7 heteroatoms. The number of aromatic nitrogens is 2. The molecule has 3 aromatic carbocycles. The van der Waals surface area contributed by atoms with Crippen LogP contribution >= 0.6 is 0 Å². The van der Waals surface area contributed by atoms with Crippen LogP contribution in [0.15, 0.2) is 78.9 Å². The second-order valence-corrected chi connectivity index (χ2v) is 7.11. The van der Waals surface area contributed by atoms with Crippen molar-refractivity contribution in [3.05, 3.63) is 94.5 Å². The van der Waals surface area contributed by atoms with Crippen molar-refractivity contribution >= 4 is 16.7 Å². The molecule has 4 aromatic rings. The molecule has 1 aliphatic rings. The smallest absolute Gasteiger partial charge is 0.270 e. The lowest BCUT2D eigenvalue weighted by atomic mass is 10.0. The predicted molar refractivity (Wildman–Crippen MR) is 111 cm³/mol. The van der Waals surface area contributed by atoms with Gasteiger partial charge in [0, 0.05) is 30.2 Å². The number of rotatable bonds is 4. The highest BCUT2D eigenvalue weighted by molar-refractivity contribution is 5.81. The molecule has 2 heterocycles. The fourth-order valence-corrected chi connectivity index (χ4v) is 3.93. The molecule has 0 aliphatic carbocycles. The first kappa shape index (κ1) is 17.5. The second-order valence-electron chi connectivity index (χ2n) is 7.11. The average Bonchev–Trinajstić information content (AvgIpc) is 3.39. The Morgan fingerprint density at radius 2 is 1.76 bits per heavy atom. The number of nitrogens with zero attached hydrogens (tertiary/aromatic N) is 3. The zero-order valence-electron chi connectivity index (χ0n) is 15.5. The van der Waals surface area contributed by atoms with Gasteiger partial charge in [0.15, 0.2) is 0 Å². The van der Waals surface area contributed by atoms with Crippen molar-refractivity contribution in [2.24, 2.45) is 0 Å². The van der Waals surface area contributed by atoms with Gasteiger partial charge in [0.25, 0.3) is 5.69 Å². The third-order valence-corrected chi connectivity index (χ3v) is 5.31. The Labute approximate surface area is 167 Å². The van der Waals surface area contributed by atoms with Crippen molar-refractivity contribution in [2.45, 2.75) is 18.6 Å². The normalized spacial score (nSPS) is 18.9. The van der Waals surface area contributed by atoms with Crippen molar-refractivity contribution in [2.75, 3.05) is 0 Å². The fraction of sp³-hybridized carbons (Fsp3) is 0.136. The molecule has 1 aromatic heterocycles. The van der Waals surface area contributed by atoms with E-state index in [0.29, 0.717) is 5.82 Å². The molecule has 7 nitrogen and oxygen atoms in total. The van der Waals surface area contributed by atoms with Gasteiger partial charge in [-0.15, -0.1) is 0 Å². The molecular formula is C22H19N5O2. The van der Waals surface area contributed by atoms with E-state index >= 15 is 0 Å². The lowest BCUT2D eigenvalue weighted by Crippen LogP contribution is -2.29. The zero-order chi connectivity index (χ0) is 19.8. The number of non-ortho nitro benzene ring substituents is 1. The quantitative estimate of drug-likeness (QED) is 0.403. The van der Waals surface area contributed by atoms with Gasteiger partial charge < -0.3 is 4.57 Å². The molecule has 1 aliphatic heterocycles. The Kier molecular flexibility index (Phi) is 4.31. The third kappa shape index (κ3) is 3.16. The Morgan fingerprint density at radius 3 is 2.59 bits per heavy atom. The van der Waals surface area contributed by atoms with Crippen LogP contribution in [0.25, 0.3) is 22.4 Å². The summed E-state index contributed by atoms with van der Waals surface area (Å²) in [5.74, 6) is 0.711. The van der Waals surface area contributed by atoms with Crippen LogP contribution < -0.4 is 10.9 Å². The molecule has 29 heavy (non-hydrogen) atoms. The summed E-state index contributed by atoms with van der Waals surface area (Å²) in [5.41, 5.74) is 10.6. The first-order valence-electron chi connectivity index (χ1n) is 9.48. The van der Waals surface area contributed by atoms with E-state index in [1.54, 1.807) is 12.1 Å². The van der Waals surface area contributed by atoms with Crippen LogP contribution in [0.1, 0.15) is 24.2 Å².